The van der Waals surface area contributed by atoms with Crippen molar-refractivity contribution in [3.63, 3.8) is 0 Å². The van der Waals surface area contributed by atoms with Gasteiger partial charge in [-0.15, -0.1) is 0 Å². The maximum Gasteiger partial charge on any atom is 0.309 e. The first-order chi connectivity index (χ1) is 16.9. The molecule has 0 unspecified atom stereocenters. The Kier molecular flexibility index (Phi) is 7.24. The fourth-order valence-electron chi connectivity index (χ4n) is 4.27. The van der Waals surface area contributed by atoms with Gasteiger partial charge in [0, 0.05) is 25.5 Å². The summed E-state index contributed by atoms with van der Waals surface area (Å²) in [5, 5.41) is 5.20. The summed E-state index contributed by atoms with van der Waals surface area (Å²) in [5.74, 6) is -1.09. The number of hydrogen-bond donors (Lipinski definition) is 0. The number of esters is 1. The maximum atomic E-state index is 13.4. The number of carbonyl (C=O) groups is 3. The maximum absolute atomic E-state index is 13.4. The van der Waals surface area contributed by atoms with Gasteiger partial charge in [0.15, 0.2) is 5.69 Å². The average molecular weight is 477 g/mol. The highest BCUT2D eigenvalue weighted by Crippen LogP contribution is 2.20. The molecule has 0 N–H and O–H groups in total. The predicted molar refractivity (Wildman–Crippen MR) is 130 cm³/mol. The van der Waals surface area contributed by atoms with Crippen molar-refractivity contribution in [2.75, 3.05) is 33.3 Å². The lowest BCUT2D eigenvalue weighted by molar-refractivity contribution is -0.151. The molecule has 0 bridgehead atoms. The molecule has 2 amide bonds. The molecule has 1 aliphatic rings. The van der Waals surface area contributed by atoms with Crippen molar-refractivity contribution in [1.29, 1.82) is 0 Å². The van der Waals surface area contributed by atoms with E-state index in [1.165, 1.54) is 9.58 Å². The molecule has 9 heteroatoms. The number of ether oxygens (including phenoxy) is 1. The van der Waals surface area contributed by atoms with Crippen LogP contribution in [0.4, 0.5) is 0 Å². The summed E-state index contributed by atoms with van der Waals surface area (Å²) < 4.78 is 6.29. The summed E-state index contributed by atoms with van der Waals surface area (Å²) in [4.78, 5) is 54.3. The molecule has 182 valence electrons. The van der Waals surface area contributed by atoms with Crippen molar-refractivity contribution in [3.05, 3.63) is 70.6 Å². The zero-order chi connectivity index (χ0) is 24.9. The Morgan fingerprint density at radius 3 is 2.29 bits per heavy atom. The van der Waals surface area contributed by atoms with E-state index >= 15 is 0 Å². The summed E-state index contributed by atoms with van der Waals surface area (Å²) in [6, 6.07) is 15.7. The van der Waals surface area contributed by atoms with E-state index < -0.39 is 5.91 Å². The van der Waals surface area contributed by atoms with Gasteiger partial charge in [-0.2, -0.15) is 9.78 Å². The second kappa shape index (κ2) is 10.5. The quantitative estimate of drug-likeness (QED) is 0.506. The molecule has 0 saturated carbocycles. The molecule has 3 aromatic rings. The van der Waals surface area contributed by atoms with Crippen LogP contribution in [0.3, 0.4) is 0 Å². The standard InChI is InChI=1S/C26H28N4O5/c1-3-35-26(34)18-13-15-29(16-14-18)22(31)17-28(2)25(33)23-20-11-7-8-12-21(20)24(32)30(27-23)19-9-5-4-6-10-19/h4-12,18H,3,13-17H2,1-2H3. The molecule has 2 aromatic carbocycles. The van der Waals surface area contributed by atoms with Crippen molar-refractivity contribution in [2.45, 2.75) is 19.8 Å². The van der Waals surface area contributed by atoms with Crippen molar-refractivity contribution in [3.8, 4) is 5.69 Å². The molecular formula is C26H28N4O5. The number of benzene rings is 2. The van der Waals surface area contributed by atoms with Crippen LogP contribution in [0.2, 0.25) is 0 Å². The molecule has 4 rings (SSSR count). The van der Waals surface area contributed by atoms with E-state index in [4.69, 9.17) is 4.74 Å². The SMILES string of the molecule is CCOC(=O)C1CCN(C(=O)CN(C)C(=O)c2nn(-c3ccccc3)c(=O)c3ccccc23)CC1. The van der Waals surface area contributed by atoms with Gasteiger partial charge in [0.1, 0.15) is 0 Å². The lowest BCUT2D eigenvalue weighted by atomic mass is 9.97. The van der Waals surface area contributed by atoms with E-state index in [-0.39, 0.29) is 35.6 Å². The Morgan fingerprint density at radius 1 is 1.00 bits per heavy atom. The molecule has 0 spiro atoms. The average Bonchev–Trinajstić information content (AvgIpc) is 2.89. The minimum atomic E-state index is -0.458. The topological polar surface area (TPSA) is 102 Å². The number of rotatable bonds is 6. The number of para-hydroxylation sites is 1. The number of piperidine rings is 1. The van der Waals surface area contributed by atoms with Crippen LogP contribution >= 0.6 is 0 Å². The minimum absolute atomic E-state index is 0.0976. The zero-order valence-electron chi connectivity index (χ0n) is 19.8. The normalized spacial score (nSPS) is 14.1. The van der Waals surface area contributed by atoms with E-state index in [9.17, 15) is 19.2 Å². The van der Waals surface area contributed by atoms with Gasteiger partial charge in [0.05, 0.1) is 30.1 Å². The van der Waals surface area contributed by atoms with Gasteiger partial charge in [-0.25, -0.2) is 0 Å². The summed E-state index contributed by atoms with van der Waals surface area (Å²) >= 11 is 0. The fourth-order valence-corrected chi connectivity index (χ4v) is 4.27. The Labute approximate surface area is 202 Å². The monoisotopic (exact) mass is 476 g/mol. The van der Waals surface area contributed by atoms with Gasteiger partial charge in [0.25, 0.3) is 11.5 Å². The second-order valence-electron chi connectivity index (χ2n) is 8.52. The number of fused-ring (bicyclic) bond motifs is 1. The van der Waals surface area contributed by atoms with Crippen molar-refractivity contribution >= 4 is 28.6 Å². The van der Waals surface area contributed by atoms with E-state index in [1.54, 1.807) is 67.4 Å². The molecule has 0 atom stereocenters. The Bertz CT molecular complexity index is 1300. The van der Waals surface area contributed by atoms with Crippen LogP contribution in [0.5, 0.6) is 0 Å². The molecule has 2 heterocycles. The third kappa shape index (κ3) is 5.08. The van der Waals surface area contributed by atoms with Gasteiger partial charge < -0.3 is 14.5 Å². The first-order valence-electron chi connectivity index (χ1n) is 11.7. The van der Waals surface area contributed by atoms with Gasteiger partial charge in [0.2, 0.25) is 5.91 Å². The summed E-state index contributed by atoms with van der Waals surface area (Å²) in [7, 11) is 1.54. The number of nitrogens with zero attached hydrogens (tertiary/aromatic N) is 4. The van der Waals surface area contributed by atoms with Crippen LogP contribution < -0.4 is 5.56 Å². The highest BCUT2D eigenvalue weighted by Gasteiger charge is 2.29. The van der Waals surface area contributed by atoms with Crippen LogP contribution in [0, 0.1) is 5.92 Å². The minimum Gasteiger partial charge on any atom is -0.466 e. The number of amides is 2. The lowest BCUT2D eigenvalue weighted by Gasteiger charge is -2.32. The molecule has 1 aromatic heterocycles. The number of likely N-dealkylation sites (tertiary alicyclic amines) is 1. The Balaban J connectivity index is 1.53. The summed E-state index contributed by atoms with van der Waals surface area (Å²) in [5.41, 5.74) is 0.312. The first kappa shape index (κ1) is 24.1. The highest BCUT2D eigenvalue weighted by atomic mass is 16.5. The summed E-state index contributed by atoms with van der Waals surface area (Å²) in [6.07, 6.45) is 1.08. The van der Waals surface area contributed by atoms with Crippen LogP contribution in [-0.2, 0) is 14.3 Å². The van der Waals surface area contributed by atoms with Gasteiger partial charge in [-0.1, -0.05) is 36.4 Å². The third-order valence-electron chi connectivity index (χ3n) is 6.20. The predicted octanol–water partition coefficient (Wildman–Crippen LogP) is 2.26. The molecule has 0 radical (unpaired) electrons. The molecule has 1 fully saturated rings. The Morgan fingerprint density at radius 2 is 1.63 bits per heavy atom. The number of likely N-dealkylation sites (N-methyl/N-ethyl adjacent to an activating group) is 1. The number of carbonyl (C=O) groups excluding carboxylic acids is 3. The van der Waals surface area contributed by atoms with Gasteiger partial charge >= 0.3 is 5.97 Å². The van der Waals surface area contributed by atoms with Crippen molar-refractivity contribution in [1.82, 2.24) is 19.6 Å². The van der Waals surface area contributed by atoms with Gasteiger partial charge in [-0.05, 0) is 38.0 Å². The highest BCUT2D eigenvalue weighted by molar-refractivity contribution is 6.05. The Hall–Kier alpha value is -4.01. The number of aromatic nitrogens is 2. The van der Waals surface area contributed by atoms with Crippen molar-refractivity contribution < 1.29 is 19.1 Å². The first-order valence-corrected chi connectivity index (χ1v) is 11.7. The van der Waals surface area contributed by atoms with E-state index in [0.29, 0.717) is 49.0 Å². The zero-order valence-corrected chi connectivity index (χ0v) is 19.8. The van der Waals surface area contributed by atoms with E-state index in [1.807, 2.05) is 6.07 Å². The van der Waals surface area contributed by atoms with E-state index in [0.717, 1.165) is 0 Å². The van der Waals surface area contributed by atoms with Gasteiger partial charge in [-0.3, -0.25) is 19.2 Å². The summed E-state index contributed by atoms with van der Waals surface area (Å²) in [6.45, 7) is 2.84. The van der Waals surface area contributed by atoms with Crippen LogP contribution in [0.1, 0.15) is 30.3 Å². The molecule has 0 aliphatic carbocycles. The largest absolute Gasteiger partial charge is 0.466 e. The molecule has 35 heavy (non-hydrogen) atoms. The molecular weight excluding hydrogens is 448 g/mol. The molecule has 1 saturated heterocycles. The smallest absolute Gasteiger partial charge is 0.309 e. The van der Waals surface area contributed by atoms with Crippen LogP contribution in [-0.4, -0.2) is 70.7 Å². The second-order valence-corrected chi connectivity index (χ2v) is 8.52. The number of hydrogen-bond acceptors (Lipinski definition) is 6. The van der Waals surface area contributed by atoms with E-state index in [2.05, 4.69) is 5.10 Å². The van der Waals surface area contributed by atoms with Crippen molar-refractivity contribution in [2.24, 2.45) is 5.92 Å². The van der Waals surface area contributed by atoms with Crippen LogP contribution in [0.25, 0.3) is 16.5 Å². The third-order valence-corrected chi connectivity index (χ3v) is 6.20. The molecule has 1 aliphatic heterocycles. The van der Waals surface area contributed by atoms with Crippen LogP contribution in [0.15, 0.2) is 59.4 Å². The lowest BCUT2D eigenvalue weighted by Crippen LogP contribution is -2.46. The fraction of sp³-hybridized carbons (Fsp3) is 0.346. The molecule has 9 nitrogen and oxygen atoms in total.